The first kappa shape index (κ1) is 15.0. The Labute approximate surface area is 121 Å². The largest absolute Gasteiger partial charge is 0.478 e. The summed E-state index contributed by atoms with van der Waals surface area (Å²) in [5.74, 6) is 1.99. The number of rotatable bonds is 6. The second-order valence-corrected chi connectivity index (χ2v) is 5.36. The molecule has 0 aliphatic heterocycles. The Kier molecular flexibility index (Phi) is 5.17. The summed E-state index contributed by atoms with van der Waals surface area (Å²) in [6.45, 7) is 8.36. The van der Waals surface area contributed by atoms with Crippen LogP contribution in [-0.4, -0.2) is 35.7 Å². The number of nitrogens with two attached hydrogens (primary N) is 1. The van der Waals surface area contributed by atoms with Gasteiger partial charge in [-0.2, -0.15) is 4.98 Å². The molecular weight excluding hydrogens is 252 g/mol. The first-order chi connectivity index (χ1) is 9.69. The molecule has 112 valence electrons. The van der Waals surface area contributed by atoms with Crippen molar-refractivity contribution >= 4 is 5.95 Å². The lowest BCUT2D eigenvalue weighted by molar-refractivity contribution is 0.325. The normalized spacial score (nSPS) is 22.0. The van der Waals surface area contributed by atoms with Crippen LogP contribution in [-0.2, 0) is 0 Å². The van der Waals surface area contributed by atoms with Crippen LogP contribution in [0.25, 0.3) is 0 Å². The zero-order chi connectivity index (χ0) is 14.5. The zero-order valence-corrected chi connectivity index (χ0v) is 12.8. The SMILES string of the molecule is CCOc1cc(C)nc(N(CC)C2CCCC2CN)n1. The number of ether oxygens (including phenoxy) is 1. The van der Waals surface area contributed by atoms with Crippen LogP contribution in [0.15, 0.2) is 6.07 Å². The predicted octanol–water partition coefficient (Wildman–Crippen LogP) is 2.14. The molecule has 0 aromatic carbocycles. The summed E-state index contributed by atoms with van der Waals surface area (Å²) < 4.78 is 5.54. The number of anilines is 1. The molecule has 0 spiro atoms. The van der Waals surface area contributed by atoms with Crippen molar-refractivity contribution in [3.63, 3.8) is 0 Å². The van der Waals surface area contributed by atoms with Gasteiger partial charge in [0, 0.05) is 24.3 Å². The fraction of sp³-hybridized carbons (Fsp3) is 0.733. The average molecular weight is 278 g/mol. The highest BCUT2D eigenvalue weighted by atomic mass is 16.5. The van der Waals surface area contributed by atoms with Gasteiger partial charge in [0.15, 0.2) is 0 Å². The van der Waals surface area contributed by atoms with Crippen molar-refractivity contribution in [3.8, 4) is 5.88 Å². The third-order valence-electron chi connectivity index (χ3n) is 4.03. The molecule has 1 aliphatic rings. The van der Waals surface area contributed by atoms with E-state index in [1.54, 1.807) is 0 Å². The predicted molar refractivity (Wildman–Crippen MR) is 81.1 cm³/mol. The average Bonchev–Trinajstić information content (AvgIpc) is 2.88. The molecule has 5 heteroatoms. The number of aryl methyl sites for hydroxylation is 1. The van der Waals surface area contributed by atoms with E-state index in [1.165, 1.54) is 19.3 Å². The van der Waals surface area contributed by atoms with Crippen molar-refractivity contribution in [3.05, 3.63) is 11.8 Å². The zero-order valence-electron chi connectivity index (χ0n) is 12.8. The molecule has 1 fully saturated rings. The molecule has 2 atom stereocenters. The maximum Gasteiger partial charge on any atom is 0.229 e. The Morgan fingerprint density at radius 1 is 1.35 bits per heavy atom. The minimum Gasteiger partial charge on any atom is -0.478 e. The highest BCUT2D eigenvalue weighted by molar-refractivity contribution is 5.36. The molecule has 1 saturated carbocycles. The van der Waals surface area contributed by atoms with Crippen molar-refractivity contribution in [1.82, 2.24) is 9.97 Å². The molecule has 5 nitrogen and oxygen atoms in total. The van der Waals surface area contributed by atoms with Gasteiger partial charge in [-0.25, -0.2) is 4.98 Å². The van der Waals surface area contributed by atoms with Crippen molar-refractivity contribution in [2.45, 2.75) is 46.1 Å². The van der Waals surface area contributed by atoms with Crippen LogP contribution in [0.1, 0.15) is 38.8 Å². The molecule has 0 radical (unpaired) electrons. The van der Waals surface area contributed by atoms with Gasteiger partial charge in [-0.15, -0.1) is 0 Å². The highest BCUT2D eigenvalue weighted by Gasteiger charge is 2.32. The summed E-state index contributed by atoms with van der Waals surface area (Å²) in [5.41, 5.74) is 6.85. The highest BCUT2D eigenvalue weighted by Crippen LogP contribution is 2.31. The molecule has 2 rings (SSSR count). The van der Waals surface area contributed by atoms with Crippen LogP contribution in [0.4, 0.5) is 5.95 Å². The van der Waals surface area contributed by atoms with Crippen LogP contribution in [0.5, 0.6) is 5.88 Å². The van der Waals surface area contributed by atoms with Crippen molar-refractivity contribution in [2.75, 3.05) is 24.6 Å². The van der Waals surface area contributed by atoms with E-state index in [0.29, 0.717) is 24.4 Å². The first-order valence-electron chi connectivity index (χ1n) is 7.64. The number of hydrogen-bond acceptors (Lipinski definition) is 5. The van der Waals surface area contributed by atoms with E-state index >= 15 is 0 Å². The number of nitrogens with zero attached hydrogens (tertiary/aromatic N) is 3. The van der Waals surface area contributed by atoms with E-state index in [0.717, 1.165) is 24.7 Å². The summed E-state index contributed by atoms with van der Waals surface area (Å²) in [5, 5.41) is 0. The second kappa shape index (κ2) is 6.88. The van der Waals surface area contributed by atoms with E-state index < -0.39 is 0 Å². The van der Waals surface area contributed by atoms with E-state index in [1.807, 2.05) is 19.9 Å². The Hall–Kier alpha value is -1.36. The minimum absolute atomic E-state index is 0.460. The summed E-state index contributed by atoms with van der Waals surface area (Å²) in [7, 11) is 0. The van der Waals surface area contributed by atoms with Gasteiger partial charge >= 0.3 is 0 Å². The van der Waals surface area contributed by atoms with Crippen LogP contribution in [0, 0.1) is 12.8 Å². The fourth-order valence-corrected chi connectivity index (χ4v) is 3.10. The third-order valence-corrected chi connectivity index (χ3v) is 4.03. The van der Waals surface area contributed by atoms with Crippen LogP contribution < -0.4 is 15.4 Å². The van der Waals surface area contributed by atoms with Gasteiger partial charge in [0.1, 0.15) is 0 Å². The first-order valence-corrected chi connectivity index (χ1v) is 7.64. The topological polar surface area (TPSA) is 64.3 Å². The van der Waals surface area contributed by atoms with Crippen molar-refractivity contribution in [1.29, 1.82) is 0 Å². The van der Waals surface area contributed by atoms with Crippen LogP contribution >= 0.6 is 0 Å². The summed E-state index contributed by atoms with van der Waals surface area (Å²) in [6.07, 6.45) is 3.63. The monoisotopic (exact) mass is 278 g/mol. The van der Waals surface area contributed by atoms with E-state index in [-0.39, 0.29) is 0 Å². The van der Waals surface area contributed by atoms with Crippen molar-refractivity contribution in [2.24, 2.45) is 11.7 Å². The number of hydrogen-bond donors (Lipinski definition) is 1. The molecule has 1 aromatic heterocycles. The lowest BCUT2D eigenvalue weighted by Crippen LogP contribution is -2.41. The maximum absolute atomic E-state index is 5.91. The van der Waals surface area contributed by atoms with Gasteiger partial charge < -0.3 is 15.4 Å². The molecule has 0 amide bonds. The molecule has 1 heterocycles. The number of aromatic nitrogens is 2. The molecule has 1 aromatic rings. The van der Waals surface area contributed by atoms with Gasteiger partial charge in [-0.1, -0.05) is 6.42 Å². The Morgan fingerprint density at radius 3 is 2.80 bits per heavy atom. The second-order valence-electron chi connectivity index (χ2n) is 5.36. The van der Waals surface area contributed by atoms with Crippen LogP contribution in [0.3, 0.4) is 0 Å². The maximum atomic E-state index is 5.91. The Morgan fingerprint density at radius 2 is 2.15 bits per heavy atom. The molecule has 20 heavy (non-hydrogen) atoms. The van der Waals surface area contributed by atoms with Gasteiger partial charge in [0.2, 0.25) is 11.8 Å². The third kappa shape index (κ3) is 3.20. The Bertz CT molecular complexity index is 438. The van der Waals surface area contributed by atoms with Gasteiger partial charge in [0.05, 0.1) is 6.61 Å². The lowest BCUT2D eigenvalue weighted by atomic mass is 10.0. The quantitative estimate of drug-likeness (QED) is 0.863. The minimum atomic E-state index is 0.460. The molecule has 2 unspecified atom stereocenters. The molecule has 0 bridgehead atoms. The summed E-state index contributed by atoms with van der Waals surface area (Å²) in [4.78, 5) is 11.4. The standard InChI is InChI=1S/C15H26N4O/c1-4-19(13-8-6-7-12(13)10-16)15-17-11(3)9-14(18-15)20-5-2/h9,12-13H,4-8,10,16H2,1-3H3. The molecule has 0 saturated heterocycles. The molecule has 1 aliphatic carbocycles. The molecular formula is C15H26N4O. The Balaban J connectivity index is 2.26. The molecule has 2 N–H and O–H groups in total. The van der Waals surface area contributed by atoms with Crippen molar-refractivity contribution < 1.29 is 4.74 Å². The van der Waals surface area contributed by atoms with E-state index in [9.17, 15) is 0 Å². The van der Waals surface area contributed by atoms with Gasteiger partial charge in [0.25, 0.3) is 0 Å². The van der Waals surface area contributed by atoms with Gasteiger partial charge in [-0.3, -0.25) is 0 Å². The van der Waals surface area contributed by atoms with Gasteiger partial charge in [-0.05, 0) is 46.1 Å². The summed E-state index contributed by atoms with van der Waals surface area (Å²) >= 11 is 0. The van der Waals surface area contributed by atoms with Crippen LogP contribution in [0.2, 0.25) is 0 Å². The summed E-state index contributed by atoms with van der Waals surface area (Å²) in [6, 6.07) is 2.34. The van der Waals surface area contributed by atoms with E-state index in [4.69, 9.17) is 10.5 Å². The van der Waals surface area contributed by atoms with E-state index in [2.05, 4.69) is 21.8 Å². The lowest BCUT2D eigenvalue weighted by Gasteiger charge is -2.32. The fourth-order valence-electron chi connectivity index (χ4n) is 3.10. The smallest absolute Gasteiger partial charge is 0.229 e.